The maximum atomic E-state index is 11.8. The molecule has 0 bridgehead atoms. The van der Waals surface area contributed by atoms with Gasteiger partial charge in [-0.3, -0.25) is 4.79 Å². The Morgan fingerprint density at radius 2 is 2.05 bits per heavy atom. The Balaban J connectivity index is 1.77. The van der Waals surface area contributed by atoms with Crippen LogP contribution in [-0.2, 0) is 16.1 Å². The van der Waals surface area contributed by atoms with E-state index in [0.717, 1.165) is 12.0 Å². The molecule has 1 atom stereocenters. The zero-order chi connectivity index (χ0) is 13.7. The zero-order valence-corrected chi connectivity index (χ0v) is 10.6. The minimum atomic E-state index is -0.815. The standard InChI is InChI=1S/C14H17NO4/c16-13(17)8-12-6-7-15(9-12)14(18)19-10-11-4-2-1-3-5-11/h1-5,12H,6-10H2,(H,16,17)/t12-/m1/s1. The van der Waals surface area contributed by atoms with Crippen LogP contribution in [0, 0.1) is 5.92 Å². The van der Waals surface area contributed by atoms with Crippen LogP contribution in [0.2, 0.25) is 0 Å². The van der Waals surface area contributed by atoms with Gasteiger partial charge in [-0.15, -0.1) is 0 Å². The average molecular weight is 263 g/mol. The van der Waals surface area contributed by atoms with Crippen LogP contribution in [0.4, 0.5) is 4.79 Å². The summed E-state index contributed by atoms with van der Waals surface area (Å²) in [5, 5.41) is 8.72. The Morgan fingerprint density at radius 3 is 2.74 bits per heavy atom. The average Bonchev–Trinajstić information content (AvgIpc) is 2.85. The summed E-state index contributed by atoms with van der Waals surface area (Å²) < 4.78 is 5.20. The fourth-order valence-electron chi connectivity index (χ4n) is 2.22. The summed E-state index contributed by atoms with van der Waals surface area (Å²) in [5.74, 6) is -0.772. The quantitative estimate of drug-likeness (QED) is 0.903. The van der Waals surface area contributed by atoms with Crippen molar-refractivity contribution in [3.63, 3.8) is 0 Å². The summed E-state index contributed by atoms with van der Waals surface area (Å²) in [5.41, 5.74) is 0.942. The van der Waals surface area contributed by atoms with E-state index in [1.807, 2.05) is 30.3 Å². The molecule has 1 N–H and O–H groups in total. The number of hydrogen-bond acceptors (Lipinski definition) is 3. The van der Waals surface area contributed by atoms with Gasteiger partial charge in [-0.25, -0.2) is 4.79 Å². The molecule has 0 unspecified atom stereocenters. The van der Waals surface area contributed by atoms with Crippen molar-refractivity contribution in [3.8, 4) is 0 Å². The smallest absolute Gasteiger partial charge is 0.410 e. The molecule has 5 nitrogen and oxygen atoms in total. The molecule has 0 radical (unpaired) electrons. The molecule has 1 aromatic rings. The second-order valence-corrected chi connectivity index (χ2v) is 4.74. The Bertz CT molecular complexity index is 446. The van der Waals surface area contributed by atoms with Gasteiger partial charge >= 0.3 is 12.1 Å². The molecular formula is C14H17NO4. The Kier molecular flexibility index (Phi) is 4.39. The normalized spacial score (nSPS) is 18.3. The summed E-state index contributed by atoms with van der Waals surface area (Å²) >= 11 is 0. The molecular weight excluding hydrogens is 246 g/mol. The number of aliphatic carboxylic acids is 1. The molecule has 0 aromatic heterocycles. The fourth-order valence-corrected chi connectivity index (χ4v) is 2.22. The van der Waals surface area contributed by atoms with Crippen molar-refractivity contribution in [3.05, 3.63) is 35.9 Å². The van der Waals surface area contributed by atoms with Gasteiger partial charge in [0.25, 0.3) is 0 Å². The summed E-state index contributed by atoms with van der Waals surface area (Å²) in [7, 11) is 0. The van der Waals surface area contributed by atoms with E-state index in [0.29, 0.717) is 13.1 Å². The van der Waals surface area contributed by atoms with Crippen molar-refractivity contribution in [1.82, 2.24) is 4.90 Å². The highest BCUT2D eigenvalue weighted by Gasteiger charge is 2.28. The van der Waals surface area contributed by atoms with Gasteiger partial charge in [0.15, 0.2) is 0 Å². The molecule has 0 spiro atoms. The number of benzene rings is 1. The number of amides is 1. The molecule has 0 saturated carbocycles. The number of carboxylic acid groups (broad SMARTS) is 1. The van der Waals surface area contributed by atoms with Gasteiger partial charge in [0.2, 0.25) is 0 Å². The lowest BCUT2D eigenvalue weighted by molar-refractivity contribution is -0.138. The van der Waals surface area contributed by atoms with Crippen LogP contribution in [0.3, 0.4) is 0 Å². The maximum absolute atomic E-state index is 11.8. The number of carboxylic acids is 1. The third kappa shape index (κ3) is 3.98. The topological polar surface area (TPSA) is 66.8 Å². The molecule has 1 saturated heterocycles. The lowest BCUT2D eigenvalue weighted by Crippen LogP contribution is -2.29. The molecule has 102 valence electrons. The highest BCUT2D eigenvalue weighted by Crippen LogP contribution is 2.20. The molecule has 1 aliphatic rings. The van der Waals surface area contributed by atoms with Crippen molar-refractivity contribution in [1.29, 1.82) is 0 Å². The van der Waals surface area contributed by atoms with Gasteiger partial charge in [-0.1, -0.05) is 30.3 Å². The predicted octanol–water partition coefficient (Wildman–Crippen LogP) is 2.12. The van der Waals surface area contributed by atoms with E-state index in [4.69, 9.17) is 9.84 Å². The number of carbonyl (C=O) groups excluding carboxylic acids is 1. The molecule has 1 amide bonds. The van der Waals surface area contributed by atoms with Crippen molar-refractivity contribution >= 4 is 12.1 Å². The number of likely N-dealkylation sites (tertiary alicyclic amines) is 1. The van der Waals surface area contributed by atoms with E-state index < -0.39 is 5.97 Å². The molecule has 1 aromatic carbocycles. The molecule has 0 aliphatic carbocycles. The molecule has 5 heteroatoms. The monoisotopic (exact) mass is 263 g/mol. The van der Waals surface area contributed by atoms with Crippen LogP contribution < -0.4 is 0 Å². The summed E-state index contributed by atoms with van der Waals surface area (Å²) in [4.78, 5) is 24.0. The highest BCUT2D eigenvalue weighted by molar-refractivity contribution is 5.69. The first-order valence-corrected chi connectivity index (χ1v) is 6.32. The first-order valence-electron chi connectivity index (χ1n) is 6.32. The van der Waals surface area contributed by atoms with Crippen molar-refractivity contribution in [2.75, 3.05) is 13.1 Å². The maximum Gasteiger partial charge on any atom is 0.410 e. The minimum Gasteiger partial charge on any atom is -0.481 e. The van der Waals surface area contributed by atoms with E-state index in [9.17, 15) is 9.59 Å². The SMILES string of the molecule is O=C(O)C[C@H]1CCN(C(=O)OCc2ccccc2)C1. The molecule has 2 rings (SSSR count). The largest absolute Gasteiger partial charge is 0.481 e. The number of ether oxygens (including phenoxy) is 1. The number of rotatable bonds is 4. The molecule has 19 heavy (non-hydrogen) atoms. The Hall–Kier alpha value is -2.04. The minimum absolute atomic E-state index is 0.0433. The number of nitrogens with zero attached hydrogens (tertiary/aromatic N) is 1. The first kappa shape index (κ1) is 13.4. The van der Waals surface area contributed by atoms with Gasteiger partial charge in [-0.2, -0.15) is 0 Å². The molecule has 1 aliphatic heterocycles. The van der Waals surface area contributed by atoms with Crippen LogP contribution in [-0.4, -0.2) is 35.2 Å². The molecule has 1 heterocycles. The van der Waals surface area contributed by atoms with Gasteiger partial charge in [0, 0.05) is 19.5 Å². The van der Waals surface area contributed by atoms with Crippen LogP contribution >= 0.6 is 0 Å². The van der Waals surface area contributed by atoms with Gasteiger partial charge in [-0.05, 0) is 17.9 Å². The third-order valence-corrected chi connectivity index (χ3v) is 3.21. The summed E-state index contributed by atoms with van der Waals surface area (Å²) in [6.07, 6.45) is 0.478. The second kappa shape index (κ2) is 6.22. The number of carbonyl (C=O) groups is 2. The van der Waals surface area contributed by atoms with Crippen LogP contribution in [0.15, 0.2) is 30.3 Å². The number of hydrogen-bond donors (Lipinski definition) is 1. The third-order valence-electron chi connectivity index (χ3n) is 3.21. The fraction of sp³-hybridized carbons (Fsp3) is 0.429. The zero-order valence-electron chi connectivity index (χ0n) is 10.6. The van der Waals surface area contributed by atoms with Gasteiger partial charge < -0.3 is 14.7 Å². The van der Waals surface area contributed by atoms with Crippen molar-refractivity contribution in [2.24, 2.45) is 5.92 Å². The summed E-state index contributed by atoms with van der Waals surface area (Å²) in [6.45, 7) is 1.30. The van der Waals surface area contributed by atoms with Crippen LogP contribution in [0.1, 0.15) is 18.4 Å². The summed E-state index contributed by atoms with van der Waals surface area (Å²) in [6, 6.07) is 9.47. The van der Waals surface area contributed by atoms with E-state index >= 15 is 0 Å². The van der Waals surface area contributed by atoms with Crippen molar-refractivity contribution < 1.29 is 19.4 Å². The van der Waals surface area contributed by atoms with E-state index in [2.05, 4.69) is 0 Å². The van der Waals surface area contributed by atoms with Gasteiger partial charge in [0.05, 0.1) is 0 Å². The van der Waals surface area contributed by atoms with E-state index in [1.165, 1.54) is 0 Å². The Labute approximate surface area is 111 Å². The van der Waals surface area contributed by atoms with Gasteiger partial charge in [0.1, 0.15) is 6.61 Å². The van der Waals surface area contributed by atoms with Crippen molar-refractivity contribution in [2.45, 2.75) is 19.4 Å². The Morgan fingerprint density at radius 1 is 1.32 bits per heavy atom. The first-order chi connectivity index (χ1) is 9.15. The second-order valence-electron chi connectivity index (χ2n) is 4.74. The van der Waals surface area contributed by atoms with Crippen LogP contribution in [0.25, 0.3) is 0 Å². The lowest BCUT2D eigenvalue weighted by Gasteiger charge is -2.16. The molecule has 1 fully saturated rings. The van der Waals surface area contributed by atoms with Crippen LogP contribution in [0.5, 0.6) is 0 Å². The lowest BCUT2D eigenvalue weighted by atomic mass is 10.1. The predicted molar refractivity (Wildman–Crippen MR) is 68.6 cm³/mol. The van der Waals surface area contributed by atoms with E-state index in [1.54, 1.807) is 4.90 Å². The highest BCUT2D eigenvalue weighted by atomic mass is 16.6. The van der Waals surface area contributed by atoms with E-state index in [-0.39, 0.29) is 25.0 Å².